The van der Waals surface area contributed by atoms with Crippen LogP contribution in [0, 0.1) is 0 Å². The largest absolute Gasteiger partial charge is 0.399 e. The molecule has 1 aliphatic carbocycles. The second kappa shape index (κ2) is 5.16. The monoisotopic (exact) mass is 292 g/mol. The molecule has 2 aromatic rings. The van der Waals surface area contributed by atoms with Gasteiger partial charge in [0.1, 0.15) is 0 Å². The smallest absolute Gasteiger partial charge is 0.254 e. The first-order valence-electron chi connectivity index (χ1n) is 8.02. The highest BCUT2D eigenvalue weighted by atomic mass is 16.2. The van der Waals surface area contributed by atoms with Gasteiger partial charge in [0.15, 0.2) is 0 Å². The summed E-state index contributed by atoms with van der Waals surface area (Å²) >= 11 is 0. The average Bonchev–Trinajstić information content (AvgIpc) is 3.16. The number of benzene rings is 2. The van der Waals surface area contributed by atoms with Gasteiger partial charge in [-0.25, -0.2) is 0 Å². The standard InChI is InChI=1S/C19H20N2O/c20-16-9-7-13(8-10-16)14-5-6-15-12-21(17-3-1-2-4-17)19(22)18(15)11-14/h5-11,17H,1-4,12,20H2. The zero-order valence-corrected chi connectivity index (χ0v) is 12.6. The molecule has 1 saturated carbocycles. The first-order valence-corrected chi connectivity index (χ1v) is 8.02. The van der Waals surface area contributed by atoms with E-state index in [9.17, 15) is 4.79 Å². The maximum atomic E-state index is 12.7. The number of carbonyl (C=O) groups excluding carboxylic acids is 1. The Hall–Kier alpha value is -2.29. The summed E-state index contributed by atoms with van der Waals surface area (Å²) in [5.41, 5.74) is 10.7. The molecule has 2 aliphatic rings. The molecule has 0 bridgehead atoms. The average molecular weight is 292 g/mol. The summed E-state index contributed by atoms with van der Waals surface area (Å²) in [4.78, 5) is 14.8. The van der Waals surface area contributed by atoms with Gasteiger partial charge in [0, 0.05) is 23.8 Å². The van der Waals surface area contributed by atoms with Gasteiger partial charge < -0.3 is 10.6 Å². The molecule has 0 spiro atoms. The molecular weight excluding hydrogens is 272 g/mol. The molecule has 2 aromatic carbocycles. The number of hydrogen-bond donors (Lipinski definition) is 1. The zero-order valence-electron chi connectivity index (χ0n) is 12.6. The van der Waals surface area contributed by atoms with Crippen molar-refractivity contribution in [1.29, 1.82) is 0 Å². The Kier molecular flexibility index (Phi) is 3.14. The van der Waals surface area contributed by atoms with Crippen molar-refractivity contribution in [1.82, 2.24) is 4.90 Å². The fraction of sp³-hybridized carbons (Fsp3) is 0.316. The zero-order chi connectivity index (χ0) is 15.1. The third-order valence-corrected chi connectivity index (χ3v) is 4.95. The minimum Gasteiger partial charge on any atom is -0.399 e. The van der Waals surface area contributed by atoms with Crippen LogP contribution in [0.15, 0.2) is 42.5 Å². The van der Waals surface area contributed by atoms with Crippen molar-refractivity contribution in [2.45, 2.75) is 38.3 Å². The Balaban J connectivity index is 1.66. The molecule has 0 saturated heterocycles. The van der Waals surface area contributed by atoms with Crippen LogP contribution in [0.2, 0.25) is 0 Å². The van der Waals surface area contributed by atoms with Gasteiger partial charge >= 0.3 is 0 Å². The number of nitrogen functional groups attached to an aromatic ring is 1. The van der Waals surface area contributed by atoms with E-state index in [1.165, 1.54) is 12.8 Å². The Morgan fingerprint density at radius 2 is 1.64 bits per heavy atom. The SMILES string of the molecule is Nc1ccc(-c2ccc3c(c2)C(=O)N(C2CCCC2)C3)cc1. The number of carbonyl (C=O) groups is 1. The van der Waals surface area contributed by atoms with Crippen molar-refractivity contribution >= 4 is 11.6 Å². The Morgan fingerprint density at radius 3 is 2.36 bits per heavy atom. The van der Waals surface area contributed by atoms with Crippen LogP contribution in [-0.4, -0.2) is 16.8 Å². The van der Waals surface area contributed by atoms with E-state index in [2.05, 4.69) is 17.0 Å². The van der Waals surface area contributed by atoms with E-state index in [4.69, 9.17) is 5.73 Å². The number of fused-ring (bicyclic) bond motifs is 1. The van der Waals surface area contributed by atoms with Gasteiger partial charge in [0.25, 0.3) is 5.91 Å². The summed E-state index contributed by atoms with van der Waals surface area (Å²) < 4.78 is 0. The maximum absolute atomic E-state index is 12.7. The van der Waals surface area contributed by atoms with Crippen LogP contribution in [0.1, 0.15) is 41.6 Å². The molecule has 0 aromatic heterocycles. The van der Waals surface area contributed by atoms with Crippen LogP contribution >= 0.6 is 0 Å². The summed E-state index contributed by atoms with van der Waals surface area (Å²) in [7, 11) is 0. The fourth-order valence-electron chi connectivity index (χ4n) is 3.69. The highest BCUT2D eigenvalue weighted by Gasteiger charge is 2.34. The first-order chi connectivity index (χ1) is 10.7. The van der Waals surface area contributed by atoms with E-state index in [0.29, 0.717) is 6.04 Å². The lowest BCUT2D eigenvalue weighted by atomic mass is 10.0. The van der Waals surface area contributed by atoms with Crippen LogP contribution in [0.5, 0.6) is 0 Å². The van der Waals surface area contributed by atoms with Crippen LogP contribution in [0.4, 0.5) is 5.69 Å². The summed E-state index contributed by atoms with van der Waals surface area (Å²) in [5, 5.41) is 0. The van der Waals surface area contributed by atoms with Crippen LogP contribution in [0.25, 0.3) is 11.1 Å². The normalized spacial score (nSPS) is 18.0. The van der Waals surface area contributed by atoms with Crippen LogP contribution < -0.4 is 5.73 Å². The van der Waals surface area contributed by atoms with Crippen LogP contribution in [0.3, 0.4) is 0 Å². The summed E-state index contributed by atoms with van der Waals surface area (Å²) in [6.45, 7) is 0.779. The Morgan fingerprint density at radius 1 is 0.955 bits per heavy atom. The van der Waals surface area contributed by atoms with E-state index >= 15 is 0 Å². The van der Waals surface area contributed by atoms with E-state index in [0.717, 1.165) is 47.3 Å². The number of rotatable bonds is 2. The van der Waals surface area contributed by atoms with Crippen molar-refractivity contribution in [3.8, 4) is 11.1 Å². The highest BCUT2D eigenvalue weighted by molar-refractivity contribution is 5.99. The number of nitrogens with two attached hydrogens (primary N) is 1. The second-order valence-electron chi connectivity index (χ2n) is 6.37. The minimum absolute atomic E-state index is 0.208. The van der Waals surface area contributed by atoms with Gasteiger partial charge in [0.05, 0.1) is 0 Å². The Bertz CT molecular complexity index is 715. The minimum atomic E-state index is 0.208. The number of nitrogens with zero attached hydrogens (tertiary/aromatic N) is 1. The van der Waals surface area contributed by atoms with E-state index in [1.807, 2.05) is 30.3 Å². The number of amides is 1. The highest BCUT2D eigenvalue weighted by Crippen LogP contribution is 2.33. The third kappa shape index (κ3) is 2.17. The van der Waals surface area contributed by atoms with Gasteiger partial charge in [-0.3, -0.25) is 4.79 Å². The van der Waals surface area contributed by atoms with Gasteiger partial charge in [-0.1, -0.05) is 37.1 Å². The molecule has 1 heterocycles. The second-order valence-corrected chi connectivity index (χ2v) is 6.37. The van der Waals surface area contributed by atoms with Gasteiger partial charge in [0.2, 0.25) is 0 Å². The molecule has 1 fully saturated rings. The van der Waals surface area contributed by atoms with E-state index < -0.39 is 0 Å². The van der Waals surface area contributed by atoms with Gasteiger partial charge in [-0.2, -0.15) is 0 Å². The number of anilines is 1. The van der Waals surface area contributed by atoms with Crippen molar-refractivity contribution in [3.63, 3.8) is 0 Å². The summed E-state index contributed by atoms with van der Waals surface area (Å²) in [5.74, 6) is 0.208. The molecular formula is C19H20N2O. The molecule has 3 heteroatoms. The molecule has 0 radical (unpaired) electrons. The first kappa shape index (κ1) is 13.4. The molecule has 3 nitrogen and oxygen atoms in total. The van der Waals surface area contributed by atoms with Crippen molar-refractivity contribution in [2.24, 2.45) is 0 Å². The summed E-state index contributed by atoms with van der Waals surface area (Å²) in [6, 6.07) is 14.5. The van der Waals surface area contributed by atoms with E-state index in [1.54, 1.807) is 0 Å². The van der Waals surface area contributed by atoms with Gasteiger partial charge in [-0.15, -0.1) is 0 Å². The molecule has 2 N–H and O–H groups in total. The maximum Gasteiger partial charge on any atom is 0.254 e. The summed E-state index contributed by atoms with van der Waals surface area (Å²) in [6.07, 6.45) is 4.82. The topological polar surface area (TPSA) is 46.3 Å². The molecule has 0 unspecified atom stereocenters. The predicted molar refractivity (Wildman–Crippen MR) is 88.4 cm³/mol. The lowest BCUT2D eigenvalue weighted by Crippen LogP contribution is -2.33. The third-order valence-electron chi connectivity index (χ3n) is 4.95. The van der Waals surface area contributed by atoms with Crippen molar-refractivity contribution in [2.75, 3.05) is 5.73 Å². The Labute approximate surface area is 130 Å². The molecule has 22 heavy (non-hydrogen) atoms. The molecule has 1 amide bonds. The predicted octanol–water partition coefficient (Wildman–Crippen LogP) is 3.83. The molecule has 4 rings (SSSR count). The lowest BCUT2D eigenvalue weighted by Gasteiger charge is -2.23. The molecule has 0 atom stereocenters. The van der Waals surface area contributed by atoms with Crippen molar-refractivity contribution in [3.05, 3.63) is 53.6 Å². The lowest BCUT2D eigenvalue weighted by molar-refractivity contribution is 0.0707. The van der Waals surface area contributed by atoms with Gasteiger partial charge in [-0.05, 0) is 47.7 Å². The van der Waals surface area contributed by atoms with Crippen LogP contribution in [-0.2, 0) is 6.54 Å². The van der Waals surface area contributed by atoms with E-state index in [-0.39, 0.29) is 5.91 Å². The number of hydrogen-bond acceptors (Lipinski definition) is 2. The quantitative estimate of drug-likeness (QED) is 0.855. The van der Waals surface area contributed by atoms with Crippen molar-refractivity contribution < 1.29 is 4.79 Å². The fourth-order valence-corrected chi connectivity index (χ4v) is 3.69. The molecule has 1 aliphatic heterocycles. The molecule has 112 valence electrons.